The van der Waals surface area contributed by atoms with Gasteiger partial charge in [-0.25, -0.2) is 9.48 Å². The smallest absolute Gasteiger partial charge is 0.326 e. The van der Waals surface area contributed by atoms with Crippen LogP contribution in [0.4, 0.5) is 0 Å². The Morgan fingerprint density at radius 1 is 0.976 bits per heavy atom. The van der Waals surface area contributed by atoms with Gasteiger partial charge < -0.3 is 15.4 Å². The van der Waals surface area contributed by atoms with E-state index in [0.29, 0.717) is 16.3 Å². The van der Waals surface area contributed by atoms with E-state index >= 15 is 0 Å². The van der Waals surface area contributed by atoms with Gasteiger partial charge in [0.2, 0.25) is 5.91 Å². The first-order chi connectivity index (χ1) is 19.9. The van der Waals surface area contributed by atoms with Crippen LogP contribution < -0.4 is 5.32 Å². The molecule has 0 saturated carbocycles. The van der Waals surface area contributed by atoms with E-state index < -0.39 is 17.9 Å². The lowest BCUT2D eigenvalue weighted by Crippen LogP contribution is -2.41. The summed E-state index contributed by atoms with van der Waals surface area (Å²) in [6, 6.07) is 28.0. The highest BCUT2D eigenvalue weighted by atomic mass is 35.5. The number of aromatic nitrogens is 3. The van der Waals surface area contributed by atoms with Crippen LogP contribution in [0.3, 0.4) is 0 Å². The first-order valence-corrected chi connectivity index (χ1v) is 13.4. The molecule has 1 atom stereocenters. The number of halogens is 1. The third-order valence-corrected chi connectivity index (χ3v) is 7.20. The molecule has 0 bridgehead atoms. The van der Waals surface area contributed by atoms with E-state index in [4.69, 9.17) is 16.7 Å². The van der Waals surface area contributed by atoms with E-state index in [1.165, 1.54) is 6.08 Å². The molecule has 4 aromatic carbocycles. The first-order valence-electron chi connectivity index (χ1n) is 13.1. The van der Waals surface area contributed by atoms with Crippen molar-refractivity contribution in [3.63, 3.8) is 0 Å². The van der Waals surface area contributed by atoms with Gasteiger partial charge in [-0.05, 0) is 52.7 Å². The van der Waals surface area contributed by atoms with Crippen molar-refractivity contribution in [1.82, 2.24) is 20.1 Å². The monoisotopic (exact) mass is 560 g/mol. The summed E-state index contributed by atoms with van der Waals surface area (Å²) in [7, 11) is 0. The molecule has 2 heterocycles. The molecule has 0 fully saturated rings. The molecule has 0 spiro atoms. The van der Waals surface area contributed by atoms with Gasteiger partial charge >= 0.3 is 5.97 Å². The maximum absolute atomic E-state index is 13.0. The van der Waals surface area contributed by atoms with E-state index in [1.807, 2.05) is 79.0 Å². The Morgan fingerprint density at radius 2 is 1.78 bits per heavy atom. The van der Waals surface area contributed by atoms with Gasteiger partial charge in [-0.2, -0.15) is 5.10 Å². The minimum atomic E-state index is -1.11. The van der Waals surface area contributed by atoms with Gasteiger partial charge in [0, 0.05) is 51.9 Å². The molecule has 0 aliphatic carbocycles. The highest BCUT2D eigenvalue weighted by Crippen LogP contribution is 2.28. The molecule has 2 aromatic heterocycles. The minimum Gasteiger partial charge on any atom is -0.480 e. The Morgan fingerprint density at radius 3 is 2.61 bits per heavy atom. The lowest BCUT2D eigenvalue weighted by molar-refractivity contribution is -0.141. The minimum absolute atomic E-state index is 0.147. The number of fused-ring (bicyclic) bond motifs is 2. The highest BCUT2D eigenvalue weighted by Gasteiger charge is 2.21. The molecule has 0 unspecified atom stereocenters. The lowest BCUT2D eigenvalue weighted by atomic mass is 10.0. The number of carboxylic acids is 1. The van der Waals surface area contributed by atoms with Crippen molar-refractivity contribution in [2.75, 3.05) is 0 Å². The third kappa shape index (κ3) is 5.62. The number of benzene rings is 4. The van der Waals surface area contributed by atoms with E-state index in [2.05, 4.69) is 16.4 Å². The van der Waals surface area contributed by atoms with Crippen LogP contribution in [0.25, 0.3) is 44.7 Å². The SMILES string of the molecule is O=C(/C=C/c1cn(-c2cccc(Cl)c2)nc1-c1ccc2ccccc2c1)N[C@@H](Cc1c[nH]c2ccccc12)C(=O)O. The zero-order valence-corrected chi connectivity index (χ0v) is 22.5. The molecule has 0 aliphatic heterocycles. The second-order valence-corrected chi connectivity index (χ2v) is 10.2. The lowest BCUT2D eigenvalue weighted by Gasteiger charge is -2.12. The molecule has 0 saturated heterocycles. The quantitative estimate of drug-likeness (QED) is 0.181. The summed E-state index contributed by atoms with van der Waals surface area (Å²) >= 11 is 6.23. The van der Waals surface area contributed by atoms with Crippen LogP contribution in [0, 0.1) is 0 Å². The molecule has 0 aliphatic rings. The molecule has 1 amide bonds. The number of nitrogens with one attached hydrogen (secondary N) is 2. The Hall–Kier alpha value is -5.14. The van der Waals surface area contributed by atoms with Crippen LogP contribution in [0.2, 0.25) is 5.02 Å². The summed E-state index contributed by atoms with van der Waals surface area (Å²) in [6.45, 7) is 0. The second kappa shape index (κ2) is 11.2. The van der Waals surface area contributed by atoms with Gasteiger partial charge in [-0.1, -0.05) is 72.3 Å². The molecule has 41 heavy (non-hydrogen) atoms. The zero-order chi connectivity index (χ0) is 28.3. The van der Waals surface area contributed by atoms with Crippen molar-refractivity contribution < 1.29 is 14.7 Å². The van der Waals surface area contributed by atoms with Crippen LogP contribution in [0.15, 0.2) is 109 Å². The number of rotatable bonds is 8. The number of carbonyl (C=O) groups excluding carboxylic acids is 1. The number of aliphatic carboxylic acids is 1. The van der Waals surface area contributed by atoms with Gasteiger partial charge in [0.15, 0.2) is 0 Å². The second-order valence-electron chi connectivity index (χ2n) is 9.72. The topological polar surface area (TPSA) is 100 Å². The fourth-order valence-electron chi connectivity index (χ4n) is 4.93. The van der Waals surface area contributed by atoms with Crippen molar-refractivity contribution in [1.29, 1.82) is 0 Å². The van der Waals surface area contributed by atoms with Gasteiger partial charge in [0.05, 0.1) is 11.4 Å². The first kappa shape index (κ1) is 26.1. The predicted octanol–water partition coefficient (Wildman–Crippen LogP) is 6.65. The van der Waals surface area contributed by atoms with E-state index in [9.17, 15) is 14.7 Å². The number of carboxylic acid groups (broad SMARTS) is 1. The highest BCUT2D eigenvalue weighted by molar-refractivity contribution is 6.30. The van der Waals surface area contributed by atoms with Gasteiger partial charge in [-0.15, -0.1) is 0 Å². The van der Waals surface area contributed by atoms with E-state index in [0.717, 1.165) is 38.5 Å². The van der Waals surface area contributed by atoms with Gasteiger partial charge in [0.1, 0.15) is 6.04 Å². The average molecular weight is 561 g/mol. The maximum atomic E-state index is 13.0. The number of amides is 1. The molecule has 7 nitrogen and oxygen atoms in total. The van der Waals surface area contributed by atoms with Crippen LogP contribution in [0.1, 0.15) is 11.1 Å². The number of carbonyl (C=O) groups is 2. The summed E-state index contributed by atoms with van der Waals surface area (Å²) in [5, 5.41) is 21.0. The van der Waals surface area contributed by atoms with Crippen molar-refractivity contribution in [3.05, 3.63) is 126 Å². The molecule has 202 valence electrons. The largest absolute Gasteiger partial charge is 0.480 e. The summed E-state index contributed by atoms with van der Waals surface area (Å²) in [5.74, 6) is -1.63. The fraction of sp³-hybridized carbons (Fsp3) is 0.0606. The summed E-state index contributed by atoms with van der Waals surface area (Å²) < 4.78 is 1.71. The molecule has 6 aromatic rings. The normalized spacial score (nSPS) is 12.2. The number of H-pyrrole nitrogens is 1. The molecule has 3 N–H and O–H groups in total. The van der Waals surface area contributed by atoms with E-state index in [-0.39, 0.29) is 6.42 Å². The van der Waals surface area contributed by atoms with Crippen LogP contribution in [-0.2, 0) is 16.0 Å². The average Bonchev–Trinajstić information content (AvgIpc) is 3.60. The van der Waals surface area contributed by atoms with Crippen molar-refractivity contribution in [2.24, 2.45) is 0 Å². The number of hydrogen-bond acceptors (Lipinski definition) is 3. The fourth-order valence-corrected chi connectivity index (χ4v) is 5.11. The van der Waals surface area contributed by atoms with Crippen molar-refractivity contribution >= 4 is 51.2 Å². The molecule has 8 heteroatoms. The van der Waals surface area contributed by atoms with Crippen LogP contribution >= 0.6 is 11.6 Å². The summed E-state index contributed by atoms with van der Waals surface area (Å²) in [6.07, 6.45) is 6.74. The molecule has 0 radical (unpaired) electrons. The predicted molar refractivity (Wildman–Crippen MR) is 162 cm³/mol. The van der Waals surface area contributed by atoms with Gasteiger partial charge in [0.25, 0.3) is 0 Å². The molecular weight excluding hydrogens is 536 g/mol. The van der Waals surface area contributed by atoms with Crippen LogP contribution in [0.5, 0.6) is 0 Å². The number of aromatic amines is 1. The number of hydrogen-bond donors (Lipinski definition) is 3. The van der Waals surface area contributed by atoms with Crippen molar-refractivity contribution in [2.45, 2.75) is 12.5 Å². The molecule has 6 rings (SSSR count). The Kier molecular flexibility index (Phi) is 7.10. The van der Waals surface area contributed by atoms with E-state index in [1.54, 1.807) is 29.1 Å². The zero-order valence-electron chi connectivity index (χ0n) is 21.8. The number of nitrogens with zero attached hydrogens (tertiary/aromatic N) is 2. The third-order valence-electron chi connectivity index (χ3n) is 6.97. The summed E-state index contributed by atoms with van der Waals surface area (Å²) in [5.41, 5.74) is 4.75. The maximum Gasteiger partial charge on any atom is 0.326 e. The van der Waals surface area contributed by atoms with Crippen molar-refractivity contribution in [3.8, 4) is 16.9 Å². The van der Waals surface area contributed by atoms with Gasteiger partial charge in [-0.3, -0.25) is 4.79 Å². The molecular formula is C33H25ClN4O3. The Bertz CT molecular complexity index is 1940. The Balaban J connectivity index is 1.29. The summed E-state index contributed by atoms with van der Waals surface area (Å²) in [4.78, 5) is 28.1. The van der Waals surface area contributed by atoms with Crippen LogP contribution in [-0.4, -0.2) is 37.8 Å². The standard InChI is InChI=1S/C33H25ClN4O3/c34-26-8-5-9-27(18-26)38-20-24(32(37-38)23-13-12-21-6-1-2-7-22(21)16-23)14-15-31(39)36-30(33(40)41)17-25-19-35-29-11-4-3-10-28(25)29/h1-16,18-20,30,35H,17H2,(H,36,39)(H,40,41)/b15-14+/t30-/m0/s1. The Labute approximate surface area is 240 Å². The number of para-hydroxylation sites is 1.